The first-order valence-corrected chi connectivity index (χ1v) is 3.69. The molecule has 2 heterocycles. The third kappa shape index (κ3) is 1.00. The Morgan fingerprint density at radius 1 is 1.55 bits per heavy atom. The first-order valence-electron chi connectivity index (χ1n) is 3.69. The van der Waals surface area contributed by atoms with Crippen molar-refractivity contribution in [3.05, 3.63) is 29.6 Å². The van der Waals surface area contributed by atoms with Crippen molar-refractivity contribution in [1.82, 2.24) is 4.57 Å². The minimum atomic E-state index is 0.800. The molecule has 0 radical (unpaired) electrons. The number of hydrogen-bond acceptors (Lipinski definition) is 1. The van der Waals surface area contributed by atoms with Gasteiger partial charge in [0.15, 0.2) is 0 Å². The number of hydrogen-bond donors (Lipinski definition) is 0. The number of aryl methyl sites for hydroxylation is 1. The molecule has 11 heavy (non-hydrogen) atoms. The molecule has 0 N–H and O–H groups in total. The van der Waals surface area contributed by atoms with Crippen LogP contribution in [0, 0.1) is 0 Å². The molecular formula is C9H10N2. The summed E-state index contributed by atoms with van der Waals surface area (Å²) in [5.74, 6) is 0. The summed E-state index contributed by atoms with van der Waals surface area (Å²) >= 11 is 0. The molecule has 0 atom stereocenters. The first kappa shape index (κ1) is 6.40. The van der Waals surface area contributed by atoms with E-state index in [9.17, 15) is 0 Å². The van der Waals surface area contributed by atoms with E-state index in [0.717, 1.165) is 6.54 Å². The van der Waals surface area contributed by atoms with E-state index < -0.39 is 0 Å². The number of nitrogens with zero attached hydrogens (tertiary/aromatic N) is 2. The van der Waals surface area contributed by atoms with Crippen LogP contribution in [0.2, 0.25) is 0 Å². The van der Waals surface area contributed by atoms with Crippen LogP contribution in [0.25, 0.3) is 6.08 Å². The lowest BCUT2D eigenvalue weighted by atomic mass is 10.2. The predicted molar refractivity (Wildman–Crippen MR) is 46.9 cm³/mol. The highest BCUT2D eigenvalue weighted by Gasteiger charge is 2.01. The summed E-state index contributed by atoms with van der Waals surface area (Å²) in [5, 5.41) is 0. The normalized spacial score (nSPS) is 14.6. The van der Waals surface area contributed by atoms with Crippen molar-refractivity contribution in [3.8, 4) is 0 Å². The topological polar surface area (TPSA) is 17.3 Å². The number of rotatable bonds is 0. The molecule has 0 saturated carbocycles. The lowest BCUT2D eigenvalue weighted by molar-refractivity contribution is 0.914. The summed E-state index contributed by atoms with van der Waals surface area (Å²) in [6.45, 7) is 0.800. The summed E-state index contributed by atoms with van der Waals surface area (Å²) in [6, 6.07) is 2.08. The van der Waals surface area contributed by atoms with Crippen LogP contribution < -0.4 is 0 Å². The van der Waals surface area contributed by atoms with Gasteiger partial charge in [0, 0.05) is 30.7 Å². The zero-order valence-corrected chi connectivity index (χ0v) is 6.49. The predicted octanol–water partition coefficient (Wildman–Crippen LogP) is 1.47. The van der Waals surface area contributed by atoms with Crippen LogP contribution in [0.5, 0.6) is 0 Å². The van der Waals surface area contributed by atoms with Crippen LogP contribution in [0.3, 0.4) is 0 Å². The monoisotopic (exact) mass is 146 g/mol. The van der Waals surface area contributed by atoms with E-state index in [1.165, 1.54) is 11.3 Å². The fourth-order valence-electron chi connectivity index (χ4n) is 1.26. The van der Waals surface area contributed by atoms with E-state index in [0.29, 0.717) is 0 Å². The van der Waals surface area contributed by atoms with E-state index in [4.69, 9.17) is 0 Å². The molecule has 0 bridgehead atoms. The van der Waals surface area contributed by atoms with Gasteiger partial charge in [0.05, 0.1) is 6.54 Å². The highest BCUT2D eigenvalue weighted by molar-refractivity contribution is 5.85. The Kier molecular flexibility index (Phi) is 1.39. The molecule has 1 aromatic rings. The van der Waals surface area contributed by atoms with Crippen LogP contribution >= 0.6 is 0 Å². The Hall–Kier alpha value is -1.31. The van der Waals surface area contributed by atoms with Crippen molar-refractivity contribution in [2.75, 3.05) is 6.54 Å². The van der Waals surface area contributed by atoms with Crippen molar-refractivity contribution >= 4 is 12.3 Å². The van der Waals surface area contributed by atoms with Crippen molar-refractivity contribution < 1.29 is 0 Å². The molecule has 2 heteroatoms. The summed E-state index contributed by atoms with van der Waals surface area (Å²) in [6.07, 6.45) is 8.16. The second kappa shape index (κ2) is 2.38. The van der Waals surface area contributed by atoms with Crippen LogP contribution in [-0.2, 0) is 7.05 Å². The highest BCUT2D eigenvalue weighted by atomic mass is 14.9. The molecule has 56 valence electrons. The van der Waals surface area contributed by atoms with Crippen molar-refractivity contribution in [2.45, 2.75) is 0 Å². The Labute approximate surface area is 65.9 Å². The summed E-state index contributed by atoms with van der Waals surface area (Å²) in [4.78, 5) is 4.20. The fraction of sp³-hybridized carbons (Fsp3) is 0.222. The van der Waals surface area contributed by atoms with Crippen LogP contribution in [0.4, 0.5) is 0 Å². The molecule has 1 aromatic heterocycles. The second-order valence-electron chi connectivity index (χ2n) is 2.66. The summed E-state index contributed by atoms with van der Waals surface area (Å²) in [7, 11) is 2.04. The van der Waals surface area contributed by atoms with Gasteiger partial charge < -0.3 is 4.57 Å². The third-order valence-electron chi connectivity index (χ3n) is 1.87. The van der Waals surface area contributed by atoms with E-state index in [-0.39, 0.29) is 0 Å². The Bertz CT molecular complexity index is 318. The van der Waals surface area contributed by atoms with Gasteiger partial charge >= 0.3 is 0 Å². The van der Waals surface area contributed by atoms with E-state index in [1.807, 2.05) is 19.5 Å². The fourth-order valence-corrected chi connectivity index (χ4v) is 1.26. The lowest BCUT2D eigenvalue weighted by Gasteiger charge is -1.95. The molecule has 0 aliphatic carbocycles. The lowest BCUT2D eigenvalue weighted by Crippen LogP contribution is -1.89. The smallest absolute Gasteiger partial charge is 0.0574 e. The summed E-state index contributed by atoms with van der Waals surface area (Å²) < 4.78 is 2.10. The minimum absolute atomic E-state index is 0.800. The third-order valence-corrected chi connectivity index (χ3v) is 1.87. The van der Waals surface area contributed by atoms with Gasteiger partial charge in [-0.1, -0.05) is 6.08 Å². The molecule has 0 amide bonds. The minimum Gasteiger partial charge on any atom is -0.351 e. The molecular weight excluding hydrogens is 136 g/mol. The molecule has 2 rings (SSSR count). The van der Waals surface area contributed by atoms with Gasteiger partial charge in [0.1, 0.15) is 0 Å². The first-order chi connectivity index (χ1) is 5.38. The highest BCUT2D eigenvalue weighted by Crippen LogP contribution is 2.11. The van der Waals surface area contributed by atoms with Gasteiger partial charge in [-0.3, -0.25) is 4.99 Å². The van der Waals surface area contributed by atoms with Crippen LogP contribution in [0.15, 0.2) is 23.3 Å². The average Bonchev–Trinajstić information content (AvgIpc) is 2.25. The molecule has 0 unspecified atom stereocenters. The molecule has 0 spiro atoms. The Balaban J connectivity index is 2.60. The van der Waals surface area contributed by atoms with Gasteiger partial charge in [-0.2, -0.15) is 0 Å². The average molecular weight is 146 g/mol. The summed E-state index contributed by atoms with van der Waals surface area (Å²) in [5.41, 5.74) is 2.45. The van der Waals surface area contributed by atoms with Crippen molar-refractivity contribution in [2.24, 2.45) is 12.0 Å². The SMILES string of the molecule is Cn1ccc2c1C=CCN=C2. The largest absolute Gasteiger partial charge is 0.351 e. The Morgan fingerprint density at radius 3 is 3.36 bits per heavy atom. The number of aliphatic imine (C=N–C) groups is 1. The van der Waals surface area contributed by atoms with E-state index in [2.05, 4.69) is 27.8 Å². The number of fused-ring (bicyclic) bond motifs is 1. The molecule has 1 aliphatic heterocycles. The van der Waals surface area contributed by atoms with Gasteiger partial charge in [-0.05, 0) is 12.1 Å². The van der Waals surface area contributed by atoms with Crippen molar-refractivity contribution in [1.29, 1.82) is 0 Å². The maximum absolute atomic E-state index is 4.20. The van der Waals surface area contributed by atoms with Crippen molar-refractivity contribution in [3.63, 3.8) is 0 Å². The van der Waals surface area contributed by atoms with E-state index in [1.54, 1.807) is 0 Å². The standard InChI is InChI=1S/C9H10N2/c1-11-6-4-8-7-10-5-2-3-9(8)11/h2-4,6-7H,5H2,1H3. The Morgan fingerprint density at radius 2 is 2.45 bits per heavy atom. The van der Waals surface area contributed by atoms with Gasteiger partial charge in [0.25, 0.3) is 0 Å². The maximum Gasteiger partial charge on any atom is 0.0574 e. The maximum atomic E-state index is 4.20. The van der Waals surface area contributed by atoms with E-state index >= 15 is 0 Å². The molecule has 1 aliphatic rings. The molecule has 2 nitrogen and oxygen atoms in total. The van der Waals surface area contributed by atoms with Gasteiger partial charge in [0.2, 0.25) is 0 Å². The zero-order chi connectivity index (χ0) is 7.68. The molecule has 0 saturated heterocycles. The van der Waals surface area contributed by atoms with Gasteiger partial charge in [-0.15, -0.1) is 0 Å². The second-order valence-corrected chi connectivity index (χ2v) is 2.66. The number of aromatic nitrogens is 1. The van der Waals surface area contributed by atoms with Crippen LogP contribution in [-0.4, -0.2) is 17.3 Å². The zero-order valence-electron chi connectivity index (χ0n) is 6.49. The van der Waals surface area contributed by atoms with Crippen LogP contribution in [0.1, 0.15) is 11.3 Å². The molecule has 0 fully saturated rings. The van der Waals surface area contributed by atoms with Gasteiger partial charge in [-0.25, -0.2) is 0 Å². The quantitative estimate of drug-likeness (QED) is 0.527. The molecule has 0 aromatic carbocycles.